The Labute approximate surface area is 153 Å². The first-order valence-electron chi connectivity index (χ1n) is 8.42. The van der Waals surface area contributed by atoms with Crippen molar-refractivity contribution in [2.45, 2.75) is 6.42 Å². The first-order valence-corrected chi connectivity index (χ1v) is 8.42. The number of carbonyl (C=O) groups excluding carboxylic acids is 1. The molecule has 1 amide bonds. The maximum Gasteiger partial charge on any atom is 0.228 e. The van der Waals surface area contributed by atoms with Gasteiger partial charge in [0, 0.05) is 29.2 Å². The minimum atomic E-state index is -0.313. The normalized spacial score (nSPS) is 13.0. The van der Waals surface area contributed by atoms with Gasteiger partial charge in [0.05, 0.1) is 17.8 Å². The van der Waals surface area contributed by atoms with Gasteiger partial charge in [-0.2, -0.15) is 0 Å². The molecule has 132 valence electrons. The molecule has 0 atom stereocenters. The van der Waals surface area contributed by atoms with E-state index in [2.05, 4.69) is 15.3 Å². The van der Waals surface area contributed by atoms with E-state index < -0.39 is 0 Å². The molecule has 7 heteroatoms. The third kappa shape index (κ3) is 2.43. The molecule has 3 heterocycles. The third-order valence-corrected chi connectivity index (χ3v) is 4.69. The number of hydrogen-bond acceptors (Lipinski definition) is 4. The minimum Gasteiger partial charge on any atom is -0.381 e. The first kappa shape index (κ1) is 15.5. The Hall–Kier alpha value is -3.74. The fraction of sp³-hybridized carbons (Fsp3) is 0.0500. The zero-order valence-corrected chi connectivity index (χ0v) is 14.1. The van der Waals surface area contributed by atoms with Crippen LogP contribution in [0.3, 0.4) is 0 Å². The van der Waals surface area contributed by atoms with Crippen molar-refractivity contribution in [1.82, 2.24) is 14.4 Å². The number of nitrogen functional groups attached to an aromatic ring is 1. The Balaban J connectivity index is 1.79. The second-order valence-corrected chi connectivity index (χ2v) is 6.42. The summed E-state index contributed by atoms with van der Waals surface area (Å²) in [5, 5.41) is 2.84. The maximum absolute atomic E-state index is 13.4. The molecule has 4 aromatic rings. The fourth-order valence-electron chi connectivity index (χ4n) is 3.46. The van der Waals surface area contributed by atoms with Crippen LogP contribution in [0.5, 0.6) is 0 Å². The highest BCUT2D eigenvalue weighted by molar-refractivity contribution is 6.00. The third-order valence-electron chi connectivity index (χ3n) is 4.69. The number of anilines is 2. The van der Waals surface area contributed by atoms with E-state index >= 15 is 0 Å². The molecule has 3 N–H and O–H groups in total. The zero-order valence-electron chi connectivity index (χ0n) is 14.1. The van der Waals surface area contributed by atoms with Crippen molar-refractivity contribution >= 4 is 23.1 Å². The summed E-state index contributed by atoms with van der Waals surface area (Å²) < 4.78 is 15.3. The number of carbonyl (C=O) groups is 1. The summed E-state index contributed by atoms with van der Waals surface area (Å²) in [6, 6.07) is 11.9. The van der Waals surface area contributed by atoms with Crippen molar-refractivity contribution in [3.05, 3.63) is 66.2 Å². The molecule has 0 radical (unpaired) electrons. The monoisotopic (exact) mass is 359 g/mol. The second kappa shape index (κ2) is 5.63. The summed E-state index contributed by atoms with van der Waals surface area (Å²) in [4.78, 5) is 20.5. The molecule has 2 aromatic carbocycles. The molecule has 0 unspecified atom stereocenters. The number of hydrogen-bond donors (Lipinski definition) is 2. The highest BCUT2D eigenvalue weighted by Crippen LogP contribution is 2.36. The fourth-order valence-corrected chi connectivity index (χ4v) is 3.46. The highest BCUT2D eigenvalue weighted by Gasteiger charge is 2.22. The van der Waals surface area contributed by atoms with Crippen molar-refractivity contribution in [2.75, 3.05) is 11.1 Å². The number of rotatable bonds is 2. The molecule has 5 rings (SSSR count). The van der Waals surface area contributed by atoms with Gasteiger partial charge in [0.15, 0.2) is 11.5 Å². The lowest BCUT2D eigenvalue weighted by molar-refractivity contribution is -0.115. The van der Waals surface area contributed by atoms with Crippen LogP contribution in [0.4, 0.5) is 15.9 Å². The summed E-state index contributed by atoms with van der Waals surface area (Å²) in [6.07, 6.45) is 3.74. The van der Waals surface area contributed by atoms with Crippen molar-refractivity contribution in [3.63, 3.8) is 0 Å². The Morgan fingerprint density at radius 1 is 1.11 bits per heavy atom. The molecule has 1 aliphatic heterocycles. The van der Waals surface area contributed by atoms with Gasteiger partial charge in [0.1, 0.15) is 5.82 Å². The van der Waals surface area contributed by atoms with Crippen molar-refractivity contribution in [2.24, 2.45) is 0 Å². The van der Waals surface area contributed by atoms with Gasteiger partial charge in [-0.3, -0.25) is 9.20 Å². The average Bonchev–Trinajstić information content (AvgIpc) is 3.22. The summed E-state index contributed by atoms with van der Waals surface area (Å²) in [7, 11) is 0. The van der Waals surface area contributed by atoms with E-state index in [0.717, 1.165) is 28.1 Å². The second-order valence-electron chi connectivity index (χ2n) is 6.42. The van der Waals surface area contributed by atoms with Gasteiger partial charge in [-0.25, -0.2) is 14.4 Å². The zero-order chi connectivity index (χ0) is 18.5. The smallest absolute Gasteiger partial charge is 0.228 e. The number of aromatic nitrogens is 3. The Bertz CT molecular complexity index is 1210. The van der Waals surface area contributed by atoms with Gasteiger partial charge in [-0.1, -0.05) is 6.07 Å². The van der Waals surface area contributed by atoms with Crippen molar-refractivity contribution < 1.29 is 9.18 Å². The topological polar surface area (TPSA) is 85.3 Å². The van der Waals surface area contributed by atoms with Crippen LogP contribution in [0.15, 0.2) is 54.9 Å². The molecule has 0 saturated carbocycles. The van der Waals surface area contributed by atoms with E-state index in [1.165, 1.54) is 12.1 Å². The lowest BCUT2D eigenvalue weighted by Crippen LogP contribution is -2.03. The van der Waals surface area contributed by atoms with Crippen molar-refractivity contribution in [1.29, 1.82) is 0 Å². The van der Waals surface area contributed by atoms with Gasteiger partial charge >= 0.3 is 0 Å². The Morgan fingerprint density at radius 2 is 1.89 bits per heavy atom. The number of halogens is 1. The van der Waals surface area contributed by atoms with Gasteiger partial charge < -0.3 is 11.1 Å². The predicted molar refractivity (Wildman–Crippen MR) is 101 cm³/mol. The van der Waals surface area contributed by atoms with E-state index in [1.807, 2.05) is 22.6 Å². The highest BCUT2D eigenvalue weighted by atomic mass is 19.1. The lowest BCUT2D eigenvalue weighted by Gasteiger charge is -2.08. The summed E-state index contributed by atoms with van der Waals surface area (Å²) in [6.45, 7) is 0. The maximum atomic E-state index is 13.4. The number of imidazole rings is 1. The largest absolute Gasteiger partial charge is 0.381 e. The van der Waals surface area contributed by atoms with Gasteiger partial charge in [0.25, 0.3) is 0 Å². The number of amides is 1. The summed E-state index contributed by atoms with van der Waals surface area (Å²) in [5.41, 5.74) is 11.4. The van der Waals surface area contributed by atoms with E-state index in [0.29, 0.717) is 23.6 Å². The van der Waals surface area contributed by atoms with Crippen LogP contribution in [-0.4, -0.2) is 20.3 Å². The Kier molecular flexibility index (Phi) is 3.24. The van der Waals surface area contributed by atoms with Crippen LogP contribution in [0, 0.1) is 5.82 Å². The van der Waals surface area contributed by atoms with Gasteiger partial charge in [-0.05, 0) is 42.0 Å². The van der Waals surface area contributed by atoms with Crippen molar-refractivity contribution in [3.8, 4) is 22.5 Å². The number of benzene rings is 2. The van der Waals surface area contributed by atoms with Crippen LogP contribution in [0.25, 0.3) is 28.2 Å². The van der Waals surface area contributed by atoms with E-state index in [9.17, 15) is 9.18 Å². The molecule has 0 bridgehead atoms. The van der Waals surface area contributed by atoms with E-state index in [1.54, 1.807) is 24.5 Å². The van der Waals surface area contributed by atoms with Crippen LogP contribution in [0.2, 0.25) is 0 Å². The molecular formula is C20H14FN5O. The number of nitrogens with two attached hydrogens (primary N) is 1. The van der Waals surface area contributed by atoms with Gasteiger partial charge in [0.2, 0.25) is 5.91 Å². The van der Waals surface area contributed by atoms with Crippen LogP contribution < -0.4 is 11.1 Å². The van der Waals surface area contributed by atoms with Crippen LogP contribution in [0.1, 0.15) is 5.56 Å². The molecule has 1 aliphatic rings. The van der Waals surface area contributed by atoms with Crippen LogP contribution in [-0.2, 0) is 11.2 Å². The summed E-state index contributed by atoms with van der Waals surface area (Å²) >= 11 is 0. The molecule has 0 spiro atoms. The lowest BCUT2D eigenvalue weighted by atomic mass is 10.0. The number of nitrogens with zero attached hydrogens (tertiary/aromatic N) is 3. The summed E-state index contributed by atoms with van der Waals surface area (Å²) in [5.74, 6) is -0.0232. The SMILES string of the molecule is Nc1nccn2c(-c3ccc4c(c3)CC(=O)N4)c(-c3ccc(F)cc3)nc12. The first-order chi connectivity index (χ1) is 13.1. The standard InChI is InChI=1S/C20H14FN5O/c21-14-4-1-11(2-5-14)17-18(26-8-7-23-19(22)20(26)25-17)12-3-6-15-13(9-12)10-16(27)24-15/h1-9H,10H2,(H2,22,23)(H,24,27). The molecule has 2 aromatic heterocycles. The Morgan fingerprint density at radius 3 is 2.70 bits per heavy atom. The predicted octanol–water partition coefficient (Wildman–Crippen LogP) is 3.28. The average molecular weight is 359 g/mol. The number of fused-ring (bicyclic) bond motifs is 2. The molecule has 0 aliphatic carbocycles. The molecule has 0 saturated heterocycles. The molecule has 27 heavy (non-hydrogen) atoms. The van der Waals surface area contributed by atoms with Crippen LogP contribution >= 0.6 is 0 Å². The molecule has 6 nitrogen and oxygen atoms in total. The molecular weight excluding hydrogens is 345 g/mol. The molecule has 0 fully saturated rings. The minimum absolute atomic E-state index is 0.0208. The number of nitrogens with one attached hydrogen (secondary N) is 1. The van der Waals surface area contributed by atoms with E-state index in [-0.39, 0.29) is 11.7 Å². The van der Waals surface area contributed by atoms with Gasteiger partial charge in [-0.15, -0.1) is 0 Å². The van der Waals surface area contributed by atoms with E-state index in [4.69, 9.17) is 5.73 Å². The quantitative estimate of drug-likeness (QED) is 0.575.